The highest BCUT2D eigenvalue weighted by Gasteiger charge is 2.36. The normalized spacial score (nSPS) is 22.7. The summed E-state index contributed by atoms with van der Waals surface area (Å²) in [4.78, 5) is 20.6. The van der Waals surface area contributed by atoms with Crippen LogP contribution in [0.4, 0.5) is 13.2 Å². The van der Waals surface area contributed by atoms with Gasteiger partial charge in [-0.25, -0.2) is 22.7 Å². The van der Waals surface area contributed by atoms with E-state index in [1.54, 1.807) is 16.6 Å². The number of aromatic nitrogens is 3. The monoisotopic (exact) mass is 535 g/mol. The van der Waals surface area contributed by atoms with Crippen molar-refractivity contribution in [1.29, 1.82) is 0 Å². The summed E-state index contributed by atoms with van der Waals surface area (Å²) in [7, 11) is 0. The van der Waals surface area contributed by atoms with Crippen molar-refractivity contribution in [1.82, 2.24) is 24.8 Å². The predicted octanol–water partition coefficient (Wildman–Crippen LogP) is 4.61. The van der Waals surface area contributed by atoms with E-state index in [0.717, 1.165) is 41.3 Å². The van der Waals surface area contributed by atoms with Crippen LogP contribution in [-0.2, 0) is 12.8 Å². The Balaban J connectivity index is 1.08. The lowest BCUT2D eigenvalue weighted by atomic mass is 9.81. The Morgan fingerprint density at radius 2 is 2.08 bits per heavy atom. The van der Waals surface area contributed by atoms with Gasteiger partial charge in [0.25, 0.3) is 17.5 Å². The first-order chi connectivity index (χ1) is 17.8. The van der Waals surface area contributed by atoms with Gasteiger partial charge in [0.2, 0.25) is 0 Å². The number of ether oxygens (including phenoxy) is 1. The van der Waals surface area contributed by atoms with Gasteiger partial charge in [-0.15, -0.1) is 0 Å². The molecule has 1 aliphatic heterocycles. The Hall–Kier alpha value is -2.66. The summed E-state index contributed by atoms with van der Waals surface area (Å²) in [6.45, 7) is 3.47. The maximum Gasteiger partial charge on any atom is 0.273 e. The molecule has 0 bridgehead atoms. The van der Waals surface area contributed by atoms with Crippen LogP contribution in [0.25, 0.3) is 5.52 Å². The summed E-state index contributed by atoms with van der Waals surface area (Å²) in [6, 6.07) is 5.45. The minimum atomic E-state index is -2.51. The first-order valence-electron chi connectivity index (χ1n) is 12.8. The highest BCUT2D eigenvalue weighted by atomic mass is 32.1. The van der Waals surface area contributed by atoms with Crippen LogP contribution in [0.1, 0.15) is 58.7 Å². The average Bonchev–Trinajstić information content (AvgIpc) is 3.40. The molecule has 5 rings (SSSR count). The van der Waals surface area contributed by atoms with Crippen molar-refractivity contribution >= 4 is 22.8 Å². The van der Waals surface area contributed by atoms with E-state index in [2.05, 4.69) is 20.3 Å². The number of thiazole rings is 1. The zero-order valence-corrected chi connectivity index (χ0v) is 21.7. The van der Waals surface area contributed by atoms with Gasteiger partial charge in [-0.05, 0) is 63.6 Å². The molecule has 3 aromatic rings. The van der Waals surface area contributed by atoms with E-state index in [0.29, 0.717) is 55.8 Å². The molecule has 37 heavy (non-hydrogen) atoms. The predicted molar refractivity (Wildman–Crippen MR) is 136 cm³/mol. The van der Waals surface area contributed by atoms with Crippen LogP contribution in [0.2, 0.25) is 0 Å². The summed E-state index contributed by atoms with van der Waals surface area (Å²) in [6.07, 6.45) is 3.34. The number of carbonyl (C=O) groups excluding carboxylic acids is 1. The number of halogens is 3. The zero-order valence-electron chi connectivity index (χ0n) is 20.9. The van der Waals surface area contributed by atoms with Crippen LogP contribution in [0.5, 0.6) is 5.19 Å². The number of alkyl halides is 3. The van der Waals surface area contributed by atoms with Gasteiger partial charge >= 0.3 is 0 Å². The van der Waals surface area contributed by atoms with Gasteiger partial charge in [0.05, 0.1) is 22.5 Å². The van der Waals surface area contributed by atoms with Crippen molar-refractivity contribution < 1.29 is 22.7 Å². The number of aryl methyl sites for hydroxylation is 1. The number of amides is 1. The second kappa shape index (κ2) is 11.0. The van der Waals surface area contributed by atoms with Gasteiger partial charge in [0.15, 0.2) is 6.61 Å². The quantitative estimate of drug-likeness (QED) is 0.456. The number of hydrogen-bond donors (Lipinski definition) is 1. The summed E-state index contributed by atoms with van der Waals surface area (Å²) in [5.41, 5.74) is 1.88. The second-order valence-electron chi connectivity index (χ2n) is 10.1. The number of rotatable bonds is 8. The number of nitrogens with zero attached hydrogens (tertiary/aromatic N) is 4. The maximum absolute atomic E-state index is 15.6. The second-order valence-corrected chi connectivity index (χ2v) is 11.1. The van der Waals surface area contributed by atoms with Crippen LogP contribution >= 0.6 is 11.3 Å². The van der Waals surface area contributed by atoms with E-state index in [9.17, 15) is 13.6 Å². The molecule has 7 nitrogen and oxygen atoms in total. The summed E-state index contributed by atoms with van der Waals surface area (Å²) >= 11 is 1.34. The van der Waals surface area contributed by atoms with Crippen LogP contribution in [0.3, 0.4) is 0 Å². The summed E-state index contributed by atoms with van der Waals surface area (Å²) in [5.74, 6) is -0.143. The van der Waals surface area contributed by atoms with Crippen LogP contribution < -0.4 is 10.1 Å². The molecule has 0 aromatic carbocycles. The summed E-state index contributed by atoms with van der Waals surface area (Å²) in [5, 5.41) is 7.77. The molecule has 0 unspecified atom stereocenters. The van der Waals surface area contributed by atoms with Crippen molar-refractivity contribution in [2.45, 2.75) is 70.0 Å². The highest BCUT2D eigenvalue weighted by molar-refractivity contribution is 7.13. The minimum absolute atomic E-state index is 0.0395. The minimum Gasteiger partial charge on any atom is -0.464 e. The molecule has 200 valence electrons. The fraction of sp³-hybridized carbons (Fsp3) is 0.577. The van der Waals surface area contributed by atoms with Crippen molar-refractivity contribution in [3.63, 3.8) is 0 Å². The maximum atomic E-state index is 15.6. The lowest BCUT2D eigenvalue weighted by Crippen LogP contribution is -2.43. The first kappa shape index (κ1) is 26.0. The molecule has 11 heteroatoms. The Labute approximate surface area is 218 Å². The molecule has 1 fully saturated rings. The Morgan fingerprint density at radius 3 is 2.86 bits per heavy atom. The number of fused-ring (bicyclic) bond motifs is 2. The van der Waals surface area contributed by atoms with Gasteiger partial charge in [-0.2, -0.15) is 5.10 Å². The van der Waals surface area contributed by atoms with E-state index in [1.165, 1.54) is 11.3 Å². The van der Waals surface area contributed by atoms with Crippen LogP contribution in [-0.4, -0.2) is 69.8 Å². The van der Waals surface area contributed by atoms with Crippen molar-refractivity contribution in [2.24, 2.45) is 0 Å². The van der Waals surface area contributed by atoms with Gasteiger partial charge in [-0.3, -0.25) is 4.79 Å². The number of hydrogen-bond acceptors (Lipinski definition) is 6. The van der Waals surface area contributed by atoms with Crippen molar-refractivity contribution in [3.8, 4) is 5.19 Å². The third-order valence-electron chi connectivity index (χ3n) is 7.37. The Bertz CT molecular complexity index is 1210. The average molecular weight is 536 g/mol. The van der Waals surface area contributed by atoms with E-state index in [1.807, 2.05) is 19.2 Å². The van der Waals surface area contributed by atoms with Crippen molar-refractivity contribution in [2.75, 3.05) is 26.2 Å². The number of nitrogens with one attached hydrogen (secondary N) is 1. The fourth-order valence-electron chi connectivity index (χ4n) is 5.29. The Kier molecular flexibility index (Phi) is 7.71. The third kappa shape index (κ3) is 6.26. The highest BCUT2D eigenvalue weighted by Crippen LogP contribution is 2.36. The van der Waals surface area contributed by atoms with E-state index >= 15 is 4.39 Å². The molecule has 0 saturated heterocycles. The fourth-order valence-corrected chi connectivity index (χ4v) is 6.24. The molecule has 1 aliphatic carbocycles. The van der Waals surface area contributed by atoms with Crippen molar-refractivity contribution in [3.05, 3.63) is 46.2 Å². The molecule has 1 saturated carbocycles. The van der Waals surface area contributed by atoms with Gasteiger partial charge in [0, 0.05) is 43.2 Å². The lowest BCUT2D eigenvalue weighted by Gasteiger charge is -2.35. The lowest BCUT2D eigenvalue weighted by molar-refractivity contribution is 0.0645. The van der Waals surface area contributed by atoms with E-state index in [-0.39, 0.29) is 11.9 Å². The molecule has 0 spiro atoms. The first-order valence-corrected chi connectivity index (χ1v) is 13.7. The molecule has 1 N–H and O–H groups in total. The zero-order chi connectivity index (χ0) is 26.0. The molecule has 0 radical (unpaired) electrons. The standard InChI is InChI=1S/C26H32F3N5O2S/c1-17-15-21-19(3-2-11-34(21)32-17)24(35)30-18-4-8-26(29,9-5-18)10-14-33-12-6-20-22(7-13-33)37-25(31-20)36-16-23(27)28/h2-3,11,15,18,23H,4-10,12-14,16H2,1H3,(H,30,35)/t18-,26+. The topological polar surface area (TPSA) is 71.8 Å². The molecule has 2 aliphatic rings. The molecular formula is C26H32F3N5O2S. The number of carbonyl (C=O) groups is 1. The smallest absolute Gasteiger partial charge is 0.273 e. The van der Waals surface area contributed by atoms with Crippen LogP contribution in [0.15, 0.2) is 24.4 Å². The van der Waals surface area contributed by atoms with E-state index in [4.69, 9.17) is 4.74 Å². The van der Waals surface area contributed by atoms with Gasteiger partial charge < -0.3 is 15.0 Å². The molecule has 0 atom stereocenters. The molecule has 4 heterocycles. The largest absolute Gasteiger partial charge is 0.464 e. The van der Waals surface area contributed by atoms with Crippen LogP contribution in [0, 0.1) is 6.92 Å². The SMILES string of the molecule is Cc1cc2c(C(=O)N[C@H]3CC[C@](F)(CCN4CCc5nc(OCC(F)F)sc5CC4)CC3)cccn2n1. The van der Waals surface area contributed by atoms with Gasteiger partial charge in [0.1, 0.15) is 5.67 Å². The molecule has 1 amide bonds. The summed E-state index contributed by atoms with van der Waals surface area (Å²) < 4.78 is 47.2. The number of pyridine rings is 1. The Morgan fingerprint density at radius 1 is 1.30 bits per heavy atom. The molecule has 3 aromatic heterocycles. The third-order valence-corrected chi connectivity index (χ3v) is 8.44. The molecular weight excluding hydrogens is 503 g/mol. The van der Waals surface area contributed by atoms with E-state index < -0.39 is 18.7 Å². The van der Waals surface area contributed by atoms with Gasteiger partial charge in [-0.1, -0.05) is 11.3 Å².